The third-order valence-corrected chi connectivity index (χ3v) is 3.39. The van der Waals surface area contributed by atoms with E-state index in [4.69, 9.17) is 0 Å². The molecule has 0 saturated carbocycles. The molecule has 1 amide bonds. The van der Waals surface area contributed by atoms with Gasteiger partial charge in [0.25, 0.3) is 0 Å². The van der Waals surface area contributed by atoms with Gasteiger partial charge in [0, 0.05) is 26.3 Å². The Morgan fingerprint density at radius 3 is 3.11 bits per heavy atom. The standard InChI is InChI=1S/C13H22N4O/c1-3-14-13(18)10-17-5-4-11(9-17)6-12-7-15-16(2)8-12/h7-8,11H,3-6,9-10H2,1-2H3,(H,14,18). The lowest BCUT2D eigenvalue weighted by atomic mass is 10.0. The number of rotatable bonds is 5. The van der Waals surface area contributed by atoms with E-state index in [-0.39, 0.29) is 5.91 Å². The van der Waals surface area contributed by atoms with Crippen molar-refractivity contribution in [1.82, 2.24) is 20.0 Å². The summed E-state index contributed by atoms with van der Waals surface area (Å²) in [5.74, 6) is 0.795. The molecule has 1 atom stereocenters. The summed E-state index contributed by atoms with van der Waals surface area (Å²) >= 11 is 0. The summed E-state index contributed by atoms with van der Waals surface area (Å²) in [5, 5.41) is 7.04. The molecule has 2 rings (SSSR count). The van der Waals surface area contributed by atoms with Gasteiger partial charge in [-0.3, -0.25) is 14.4 Å². The van der Waals surface area contributed by atoms with E-state index in [0.717, 1.165) is 19.5 Å². The van der Waals surface area contributed by atoms with E-state index in [2.05, 4.69) is 21.5 Å². The molecule has 0 bridgehead atoms. The average Bonchev–Trinajstić information content (AvgIpc) is 2.89. The fourth-order valence-electron chi connectivity index (χ4n) is 2.59. The monoisotopic (exact) mass is 250 g/mol. The fraction of sp³-hybridized carbons (Fsp3) is 0.692. The van der Waals surface area contributed by atoms with Gasteiger partial charge in [-0.25, -0.2) is 0 Å². The van der Waals surface area contributed by atoms with E-state index in [9.17, 15) is 4.79 Å². The molecule has 1 unspecified atom stereocenters. The van der Waals surface area contributed by atoms with Gasteiger partial charge in [0.05, 0.1) is 12.7 Å². The molecule has 100 valence electrons. The number of aromatic nitrogens is 2. The zero-order chi connectivity index (χ0) is 13.0. The first-order valence-electron chi connectivity index (χ1n) is 6.64. The molecular weight excluding hydrogens is 228 g/mol. The maximum absolute atomic E-state index is 11.5. The molecule has 1 aromatic rings. The van der Waals surface area contributed by atoms with Crippen LogP contribution in [0.25, 0.3) is 0 Å². The quantitative estimate of drug-likeness (QED) is 0.824. The molecule has 1 N–H and O–H groups in total. The van der Waals surface area contributed by atoms with E-state index < -0.39 is 0 Å². The van der Waals surface area contributed by atoms with Crippen molar-refractivity contribution in [2.75, 3.05) is 26.2 Å². The van der Waals surface area contributed by atoms with Gasteiger partial charge in [-0.1, -0.05) is 0 Å². The lowest BCUT2D eigenvalue weighted by Crippen LogP contribution is -2.36. The minimum atomic E-state index is 0.138. The largest absolute Gasteiger partial charge is 0.355 e. The van der Waals surface area contributed by atoms with Crippen LogP contribution < -0.4 is 5.32 Å². The summed E-state index contributed by atoms with van der Waals surface area (Å²) in [7, 11) is 1.94. The molecule has 2 heterocycles. The molecule has 5 nitrogen and oxygen atoms in total. The van der Waals surface area contributed by atoms with Gasteiger partial charge < -0.3 is 5.32 Å². The molecule has 0 spiro atoms. The molecular formula is C13H22N4O. The minimum Gasteiger partial charge on any atom is -0.355 e. The molecule has 18 heavy (non-hydrogen) atoms. The van der Waals surface area contributed by atoms with E-state index in [1.54, 1.807) is 0 Å². The van der Waals surface area contributed by atoms with E-state index in [1.807, 2.05) is 24.9 Å². The van der Waals surface area contributed by atoms with Crippen molar-refractivity contribution >= 4 is 5.91 Å². The van der Waals surface area contributed by atoms with Crippen molar-refractivity contribution < 1.29 is 4.79 Å². The lowest BCUT2D eigenvalue weighted by Gasteiger charge is -2.15. The average molecular weight is 250 g/mol. The van der Waals surface area contributed by atoms with Crippen LogP contribution >= 0.6 is 0 Å². The predicted molar refractivity (Wildman–Crippen MR) is 70.1 cm³/mol. The van der Waals surface area contributed by atoms with Gasteiger partial charge in [-0.15, -0.1) is 0 Å². The number of hydrogen-bond acceptors (Lipinski definition) is 3. The summed E-state index contributed by atoms with van der Waals surface area (Å²) in [6, 6.07) is 0. The van der Waals surface area contributed by atoms with Crippen LogP contribution in [0.1, 0.15) is 18.9 Å². The molecule has 1 fully saturated rings. The summed E-state index contributed by atoms with van der Waals surface area (Å²) in [6.45, 7) is 5.25. The topological polar surface area (TPSA) is 50.2 Å². The number of nitrogens with zero attached hydrogens (tertiary/aromatic N) is 3. The molecule has 0 aromatic carbocycles. The number of likely N-dealkylation sites (N-methyl/N-ethyl adjacent to an activating group) is 1. The van der Waals surface area contributed by atoms with Crippen LogP contribution in [-0.2, 0) is 18.3 Å². The summed E-state index contributed by atoms with van der Waals surface area (Å²) < 4.78 is 1.84. The maximum atomic E-state index is 11.5. The highest BCUT2D eigenvalue weighted by Gasteiger charge is 2.24. The van der Waals surface area contributed by atoms with Gasteiger partial charge in [-0.2, -0.15) is 5.10 Å². The molecule has 1 saturated heterocycles. The van der Waals surface area contributed by atoms with Crippen LogP contribution in [0.3, 0.4) is 0 Å². The van der Waals surface area contributed by atoms with Crippen LogP contribution in [-0.4, -0.2) is 46.8 Å². The van der Waals surface area contributed by atoms with Crippen molar-refractivity contribution in [3.05, 3.63) is 18.0 Å². The number of likely N-dealkylation sites (tertiary alicyclic amines) is 1. The first kappa shape index (κ1) is 13.1. The molecule has 0 radical (unpaired) electrons. The number of nitrogens with one attached hydrogen (secondary N) is 1. The van der Waals surface area contributed by atoms with Crippen LogP contribution in [0, 0.1) is 5.92 Å². The second kappa shape index (κ2) is 6.00. The van der Waals surface area contributed by atoms with Crippen LogP contribution in [0.4, 0.5) is 0 Å². The van der Waals surface area contributed by atoms with E-state index in [1.165, 1.54) is 12.0 Å². The van der Waals surface area contributed by atoms with Crippen molar-refractivity contribution in [3.8, 4) is 0 Å². The Hall–Kier alpha value is -1.36. The summed E-state index contributed by atoms with van der Waals surface area (Å²) in [6.07, 6.45) is 6.26. The molecule has 1 aliphatic rings. The van der Waals surface area contributed by atoms with Crippen molar-refractivity contribution in [3.63, 3.8) is 0 Å². The van der Waals surface area contributed by atoms with Crippen LogP contribution in [0.2, 0.25) is 0 Å². The Labute approximate surface area is 108 Å². The van der Waals surface area contributed by atoms with Crippen LogP contribution in [0.5, 0.6) is 0 Å². The van der Waals surface area contributed by atoms with Crippen LogP contribution in [0.15, 0.2) is 12.4 Å². The molecule has 5 heteroatoms. The second-order valence-electron chi connectivity index (χ2n) is 5.07. The van der Waals surface area contributed by atoms with Gasteiger partial charge in [0.15, 0.2) is 0 Å². The van der Waals surface area contributed by atoms with Crippen molar-refractivity contribution in [2.45, 2.75) is 19.8 Å². The second-order valence-corrected chi connectivity index (χ2v) is 5.07. The Kier molecular flexibility index (Phi) is 4.36. The number of carbonyl (C=O) groups is 1. The highest BCUT2D eigenvalue weighted by molar-refractivity contribution is 5.77. The number of amides is 1. The van der Waals surface area contributed by atoms with Crippen molar-refractivity contribution in [1.29, 1.82) is 0 Å². The Balaban J connectivity index is 1.76. The Morgan fingerprint density at radius 1 is 1.61 bits per heavy atom. The van der Waals surface area contributed by atoms with Crippen molar-refractivity contribution in [2.24, 2.45) is 13.0 Å². The Bertz CT molecular complexity index is 401. The number of hydrogen-bond donors (Lipinski definition) is 1. The SMILES string of the molecule is CCNC(=O)CN1CCC(Cc2cnn(C)c2)C1. The zero-order valence-corrected chi connectivity index (χ0v) is 11.2. The van der Waals surface area contributed by atoms with E-state index >= 15 is 0 Å². The van der Waals surface area contributed by atoms with E-state index in [0.29, 0.717) is 19.0 Å². The molecule has 1 aromatic heterocycles. The highest BCUT2D eigenvalue weighted by Crippen LogP contribution is 2.20. The van der Waals surface area contributed by atoms with Gasteiger partial charge in [0.2, 0.25) is 5.91 Å². The maximum Gasteiger partial charge on any atom is 0.234 e. The number of aryl methyl sites for hydroxylation is 1. The zero-order valence-electron chi connectivity index (χ0n) is 11.2. The highest BCUT2D eigenvalue weighted by atomic mass is 16.2. The minimum absolute atomic E-state index is 0.138. The van der Waals surface area contributed by atoms with Gasteiger partial charge in [0.1, 0.15) is 0 Å². The first-order chi connectivity index (χ1) is 8.67. The van der Waals surface area contributed by atoms with Gasteiger partial charge >= 0.3 is 0 Å². The smallest absolute Gasteiger partial charge is 0.234 e. The predicted octanol–water partition coefficient (Wildman–Crippen LogP) is 0.421. The number of carbonyl (C=O) groups excluding carboxylic acids is 1. The Morgan fingerprint density at radius 2 is 2.44 bits per heavy atom. The summed E-state index contributed by atoms with van der Waals surface area (Å²) in [4.78, 5) is 13.7. The lowest BCUT2D eigenvalue weighted by molar-refractivity contribution is -0.121. The normalized spacial score (nSPS) is 20.2. The molecule has 0 aliphatic carbocycles. The fourth-order valence-corrected chi connectivity index (χ4v) is 2.59. The molecule has 1 aliphatic heterocycles. The third-order valence-electron chi connectivity index (χ3n) is 3.39. The first-order valence-corrected chi connectivity index (χ1v) is 6.64. The third kappa shape index (κ3) is 3.57. The summed E-state index contributed by atoms with van der Waals surface area (Å²) in [5.41, 5.74) is 1.29. The van der Waals surface area contributed by atoms with Gasteiger partial charge in [-0.05, 0) is 37.8 Å².